The Morgan fingerprint density at radius 2 is 1.11 bits per heavy atom. The molecule has 2 aromatic carbocycles. The van der Waals surface area contributed by atoms with Gasteiger partial charge in [-0.3, -0.25) is 0 Å². The summed E-state index contributed by atoms with van der Waals surface area (Å²) in [4.78, 5) is 0. The van der Waals surface area contributed by atoms with Gasteiger partial charge in [-0.25, -0.2) is 0 Å². The summed E-state index contributed by atoms with van der Waals surface area (Å²) in [6, 6.07) is 3.67. The first-order valence-corrected chi connectivity index (χ1v) is 11.5. The van der Waals surface area contributed by atoms with E-state index >= 15 is 0 Å². The fourth-order valence-corrected chi connectivity index (χ4v) is 4.74. The van der Waals surface area contributed by atoms with Gasteiger partial charge in [0.1, 0.15) is 45.7 Å². The molecule has 0 fully saturated rings. The summed E-state index contributed by atoms with van der Waals surface area (Å²) >= 11 is 0. The Bertz CT molecular complexity index is 1100. The highest BCUT2D eigenvalue weighted by atomic mass is 16.5. The number of aliphatic hydroxyl groups excluding tert-OH is 1. The van der Waals surface area contributed by atoms with Crippen LogP contribution >= 0.6 is 0 Å². The van der Waals surface area contributed by atoms with E-state index in [-0.39, 0.29) is 6.61 Å². The molecule has 0 saturated carbocycles. The highest BCUT2D eigenvalue weighted by Gasteiger charge is 2.36. The molecule has 0 amide bonds. The van der Waals surface area contributed by atoms with E-state index in [2.05, 4.69) is 0 Å². The molecule has 2 heterocycles. The van der Waals surface area contributed by atoms with Gasteiger partial charge < -0.3 is 33.5 Å². The van der Waals surface area contributed by atoms with Crippen LogP contribution < -0.4 is 28.4 Å². The molecule has 1 N–H and O–H groups in total. The van der Waals surface area contributed by atoms with Crippen LogP contribution in [0.3, 0.4) is 0 Å². The summed E-state index contributed by atoms with van der Waals surface area (Å²) in [5.41, 5.74) is 1.96. The molecule has 0 unspecified atom stereocenters. The number of methoxy groups -OCH3 is 4. The van der Waals surface area contributed by atoms with E-state index in [9.17, 15) is 5.11 Å². The maximum Gasteiger partial charge on any atom is 0.137 e. The van der Waals surface area contributed by atoms with Crippen LogP contribution in [0.25, 0.3) is 12.2 Å². The maximum atomic E-state index is 10.8. The van der Waals surface area contributed by atoms with Gasteiger partial charge >= 0.3 is 0 Å². The van der Waals surface area contributed by atoms with Crippen molar-refractivity contribution >= 4 is 12.2 Å². The minimum atomic E-state index is -0.591. The molecule has 0 atom stereocenters. The van der Waals surface area contributed by atoms with E-state index < -0.39 is 17.1 Å². The van der Waals surface area contributed by atoms with Gasteiger partial charge in [0.15, 0.2) is 0 Å². The molecule has 4 rings (SSSR count). The minimum Gasteiger partial charge on any atom is -0.496 e. The molecular weight excluding hydrogens is 448 g/mol. The Morgan fingerprint density at radius 1 is 0.714 bits per heavy atom. The fraction of sp³-hybridized carbons (Fsp3) is 0.429. The zero-order chi connectivity index (χ0) is 25.5. The van der Waals surface area contributed by atoms with Crippen molar-refractivity contribution in [1.82, 2.24) is 0 Å². The normalized spacial score (nSPS) is 16.6. The van der Waals surface area contributed by atoms with Crippen molar-refractivity contribution in [2.75, 3.05) is 35.0 Å². The van der Waals surface area contributed by atoms with Crippen LogP contribution in [0.5, 0.6) is 34.5 Å². The third-order valence-electron chi connectivity index (χ3n) is 6.34. The lowest BCUT2D eigenvalue weighted by atomic mass is 9.85. The number of rotatable bonds is 7. The van der Waals surface area contributed by atoms with E-state index in [1.807, 2.05) is 64.1 Å². The predicted octanol–water partition coefficient (Wildman–Crippen LogP) is 5.21. The Kier molecular flexibility index (Phi) is 6.40. The number of fused-ring (bicyclic) bond motifs is 2. The SMILES string of the molecule is COc1cc2c(c(OC)c1C(CO)c1c(OC)cc3c(c1OC)C=CC(C)(C)O3)C=CC(C)(C)O2. The molecule has 0 aliphatic carbocycles. The number of ether oxygens (including phenoxy) is 6. The third kappa shape index (κ3) is 4.29. The molecular formula is C28H34O7. The summed E-state index contributed by atoms with van der Waals surface area (Å²) in [5.74, 6) is 2.87. The van der Waals surface area contributed by atoms with Crippen LogP contribution in [0.1, 0.15) is 55.9 Å². The van der Waals surface area contributed by atoms with Crippen LogP contribution in [0.4, 0.5) is 0 Å². The molecule has 0 aromatic heterocycles. The predicted molar refractivity (Wildman–Crippen MR) is 136 cm³/mol. The standard InChI is InChI=1S/C28H34O7/c1-27(2)11-9-16-19(34-27)13-21(30-5)23(25(16)32-7)18(15-29)24-22(31-6)14-20-17(26(24)33-8)10-12-28(3,4)35-20/h9-14,18,29H,15H2,1-8H3. The van der Waals surface area contributed by atoms with Crippen molar-refractivity contribution in [2.45, 2.75) is 44.8 Å². The lowest BCUT2D eigenvalue weighted by Crippen LogP contribution is -2.28. The van der Waals surface area contributed by atoms with E-state index in [4.69, 9.17) is 28.4 Å². The first kappa shape index (κ1) is 24.8. The van der Waals surface area contributed by atoms with Crippen molar-refractivity contribution in [3.63, 3.8) is 0 Å². The summed E-state index contributed by atoms with van der Waals surface area (Å²) in [5, 5.41) is 10.8. The lowest BCUT2D eigenvalue weighted by Gasteiger charge is -2.33. The van der Waals surface area contributed by atoms with Gasteiger partial charge in [-0.2, -0.15) is 0 Å². The van der Waals surface area contributed by atoms with E-state index in [0.717, 1.165) is 11.1 Å². The van der Waals surface area contributed by atoms with Crippen molar-refractivity contribution < 1.29 is 33.5 Å². The quantitative estimate of drug-likeness (QED) is 0.580. The molecule has 35 heavy (non-hydrogen) atoms. The largest absolute Gasteiger partial charge is 0.496 e. The minimum absolute atomic E-state index is 0.247. The third-order valence-corrected chi connectivity index (χ3v) is 6.34. The molecule has 7 heteroatoms. The number of hydrogen-bond donors (Lipinski definition) is 1. The second-order valence-corrected chi connectivity index (χ2v) is 9.69. The van der Waals surface area contributed by atoms with Crippen LogP contribution in [0.2, 0.25) is 0 Å². The highest BCUT2D eigenvalue weighted by Crippen LogP contribution is 2.53. The van der Waals surface area contributed by atoms with Crippen molar-refractivity contribution in [2.24, 2.45) is 0 Å². The monoisotopic (exact) mass is 482 g/mol. The fourth-order valence-electron chi connectivity index (χ4n) is 4.74. The topological polar surface area (TPSA) is 75.6 Å². The second kappa shape index (κ2) is 9.04. The van der Waals surface area contributed by atoms with Gasteiger partial charge in [0.05, 0.1) is 46.2 Å². The average Bonchev–Trinajstić information content (AvgIpc) is 2.82. The summed E-state index contributed by atoms with van der Waals surface area (Å²) in [6.07, 6.45) is 7.92. The Balaban J connectivity index is 2.00. The molecule has 0 spiro atoms. The summed E-state index contributed by atoms with van der Waals surface area (Å²) in [7, 11) is 6.37. The molecule has 7 nitrogen and oxygen atoms in total. The van der Waals surface area contributed by atoms with Crippen molar-refractivity contribution in [1.29, 1.82) is 0 Å². The molecule has 188 valence electrons. The van der Waals surface area contributed by atoms with E-state index in [0.29, 0.717) is 45.6 Å². The Morgan fingerprint density at radius 3 is 1.43 bits per heavy atom. The zero-order valence-electron chi connectivity index (χ0n) is 21.6. The van der Waals surface area contributed by atoms with Gasteiger partial charge in [0, 0.05) is 29.2 Å². The number of hydrogen-bond acceptors (Lipinski definition) is 7. The molecule has 0 bridgehead atoms. The summed E-state index contributed by atoms with van der Waals surface area (Å²) < 4.78 is 35.8. The van der Waals surface area contributed by atoms with Crippen LogP contribution in [0, 0.1) is 0 Å². The maximum absolute atomic E-state index is 10.8. The Labute approximate surface area is 206 Å². The first-order chi connectivity index (χ1) is 16.6. The molecule has 2 aliphatic rings. The smallest absolute Gasteiger partial charge is 0.137 e. The van der Waals surface area contributed by atoms with Gasteiger partial charge in [-0.1, -0.05) is 0 Å². The second-order valence-electron chi connectivity index (χ2n) is 9.69. The van der Waals surface area contributed by atoms with E-state index in [1.165, 1.54) is 0 Å². The van der Waals surface area contributed by atoms with Crippen LogP contribution in [0.15, 0.2) is 24.3 Å². The van der Waals surface area contributed by atoms with Crippen LogP contribution in [-0.4, -0.2) is 51.4 Å². The van der Waals surface area contributed by atoms with E-state index in [1.54, 1.807) is 28.4 Å². The van der Waals surface area contributed by atoms with Gasteiger partial charge in [-0.05, 0) is 52.0 Å². The molecule has 2 aromatic rings. The molecule has 0 saturated heterocycles. The van der Waals surface area contributed by atoms with Crippen LogP contribution in [-0.2, 0) is 0 Å². The first-order valence-electron chi connectivity index (χ1n) is 11.5. The summed E-state index contributed by atoms with van der Waals surface area (Å²) in [6.45, 7) is 7.68. The van der Waals surface area contributed by atoms with Gasteiger partial charge in [0.2, 0.25) is 0 Å². The number of aliphatic hydroxyl groups is 1. The number of benzene rings is 2. The lowest BCUT2D eigenvalue weighted by molar-refractivity contribution is 0.157. The molecule has 2 aliphatic heterocycles. The van der Waals surface area contributed by atoms with Crippen molar-refractivity contribution in [3.8, 4) is 34.5 Å². The molecule has 0 radical (unpaired) electrons. The highest BCUT2D eigenvalue weighted by molar-refractivity contribution is 5.76. The zero-order valence-corrected chi connectivity index (χ0v) is 21.6. The van der Waals surface area contributed by atoms with Gasteiger partial charge in [-0.15, -0.1) is 0 Å². The Hall–Kier alpha value is -3.32. The van der Waals surface area contributed by atoms with Gasteiger partial charge in [0.25, 0.3) is 0 Å². The average molecular weight is 483 g/mol. The van der Waals surface area contributed by atoms with Crippen molar-refractivity contribution in [3.05, 3.63) is 46.5 Å².